The Labute approximate surface area is 163 Å². The van der Waals surface area contributed by atoms with Crippen LogP contribution in [0.15, 0.2) is 36.4 Å². The van der Waals surface area contributed by atoms with Crippen molar-refractivity contribution in [1.82, 2.24) is 0 Å². The molecule has 0 bridgehead atoms. The second-order valence-electron chi connectivity index (χ2n) is 5.58. The number of carboxylic acids is 1. The summed E-state index contributed by atoms with van der Waals surface area (Å²) in [6, 6.07) is 10.8. The molecule has 0 aliphatic carbocycles. The summed E-state index contributed by atoms with van der Waals surface area (Å²) in [5.74, 6) is 1.32. The fourth-order valence-corrected chi connectivity index (χ4v) is 2.74. The quantitative estimate of drug-likeness (QED) is 0.575. The first-order valence-corrected chi connectivity index (χ1v) is 8.98. The van der Waals surface area contributed by atoms with Gasteiger partial charge in [-0.15, -0.1) is 0 Å². The molecule has 2 rings (SSSR count). The number of aliphatic carboxylic acids is 1. The van der Waals surface area contributed by atoms with Crippen LogP contribution in [-0.4, -0.2) is 38.0 Å². The van der Waals surface area contributed by atoms with E-state index in [-0.39, 0.29) is 13.0 Å². The van der Waals surface area contributed by atoms with Crippen molar-refractivity contribution in [2.45, 2.75) is 19.8 Å². The topological polar surface area (TPSA) is 74.2 Å². The summed E-state index contributed by atoms with van der Waals surface area (Å²) < 4.78 is 22.3. The normalized spacial score (nSPS) is 10.3. The average molecular weight is 395 g/mol. The SMILES string of the molecule is CCOc1cc(CCC(=O)O)cc(Cl)c1OCCOc1ccccc1OC. The average Bonchev–Trinajstić information content (AvgIpc) is 2.65. The van der Waals surface area contributed by atoms with Crippen molar-refractivity contribution in [1.29, 1.82) is 0 Å². The van der Waals surface area contributed by atoms with Crippen LogP contribution in [0.3, 0.4) is 0 Å². The summed E-state index contributed by atoms with van der Waals surface area (Å²) in [5, 5.41) is 9.21. The molecule has 0 fully saturated rings. The van der Waals surface area contributed by atoms with Crippen molar-refractivity contribution >= 4 is 17.6 Å². The predicted octanol–water partition coefficient (Wildman–Crippen LogP) is 4.22. The molecule has 0 atom stereocenters. The fraction of sp³-hybridized carbons (Fsp3) is 0.350. The molecule has 0 radical (unpaired) electrons. The van der Waals surface area contributed by atoms with Gasteiger partial charge in [0.15, 0.2) is 23.0 Å². The van der Waals surface area contributed by atoms with Gasteiger partial charge >= 0.3 is 5.97 Å². The van der Waals surface area contributed by atoms with Gasteiger partial charge in [-0.05, 0) is 43.2 Å². The number of para-hydroxylation sites is 2. The van der Waals surface area contributed by atoms with Gasteiger partial charge in [0.05, 0.1) is 18.7 Å². The van der Waals surface area contributed by atoms with Crippen LogP contribution in [0.2, 0.25) is 5.02 Å². The Kier molecular flexibility index (Phi) is 8.07. The predicted molar refractivity (Wildman–Crippen MR) is 103 cm³/mol. The summed E-state index contributed by atoms with van der Waals surface area (Å²) in [5.41, 5.74) is 0.781. The van der Waals surface area contributed by atoms with E-state index in [9.17, 15) is 4.79 Å². The van der Waals surface area contributed by atoms with Gasteiger partial charge in [0.2, 0.25) is 0 Å². The van der Waals surface area contributed by atoms with E-state index in [1.807, 2.05) is 31.2 Å². The lowest BCUT2D eigenvalue weighted by Crippen LogP contribution is -2.11. The van der Waals surface area contributed by atoms with Crippen LogP contribution in [0.4, 0.5) is 0 Å². The second-order valence-corrected chi connectivity index (χ2v) is 5.99. The first kappa shape index (κ1) is 20.7. The first-order chi connectivity index (χ1) is 13.0. The number of halogens is 1. The minimum Gasteiger partial charge on any atom is -0.493 e. The molecule has 0 saturated heterocycles. The van der Waals surface area contributed by atoms with Crippen LogP contribution in [0.5, 0.6) is 23.0 Å². The van der Waals surface area contributed by atoms with Crippen molar-refractivity contribution < 1.29 is 28.8 Å². The van der Waals surface area contributed by atoms with Gasteiger partial charge in [-0.1, -0.05) is 23.7 Å². The lowest BCUT2D eigenvalue weighted by molar-refractivity contribution is -0.136. The van der Waals surface area contributed by atoms with Crippen LogP contribution in [0.25, 0.3) is 0 Å². The van der Waals surface area contributed by atoms with Crippen molar-refractivity contribution in [2.24, 2.45) is 0 Å². The molecule has 0 saturated carbocycles. The highest BCUT2D eigenvalue weighted by molar-refractivity contribution is 6.32. The summed E-state index contributed by atoms with van der Waals surface area (Å²) in [6.45, 7) is 2.84. The second kappa shape index (κ2) is 10.5. The summed E-state index contributed by atoms with van der Waals surface area (Å²) in [6.07, 6.45) is 0.390. The van der Waals surface area contributed by atoms with Crippen molar-refractivity contribution in [2.75, 3.05) is 26.9 Å². The first-order valence-electron chi connectivity index (χ1n) is 8.60. The maximum absolute atomic E-state index is 10.8. The third kappa shape index (κ3) is 6.25. The molecule has 0 aliphatic heterocycles. The molecule has 0 spiro atoms. The molecule has 0 amide bonds. The number of hydrogen-bond acceptors (Lipinski definition) is 5. The van der Waals surface area contributed by atoms with Gasteiger partial charge in [-0.3, -0.25) is 4.79 Å². The van der Waals surface area contributed by atoms with E-state index in [4.69, 9.17) is 35.7 Å². The van der Waals surface area contributed by atoms with Crippen LogP contribution >= 0.6 is 11.6 Å². The Morgan fingerprint density at radius 3 is 2.41 bits per heavy atom. The van der Waals surface area contributed by atoms with E-state index in [1.165, 1.54) is 0 Å². The number of methoxy groups -OCH3 is 1. The van der Waals surface area contributed by atoms with E-state index in [2.05, 4.69) is 0 Å². The summed E-state index contributed by atoms with van der Waals surface area (Å²) in [7, 11) is 1.58. The van der Waals surface area contributed by atoms with Gasteiger partial charge in [-0.2, -0.15) is 0 Å². The molecule has 146 valence electrons. The highest BCUT2D eigenvalue weighted by atomic mass is 35.5. The number of aryl methyl sites for hydroxylation is 1. The van der Waals surface area contributed by atoms with Crippen LogP contribution in [0.1, 0.15) is 18.9 Å². The molecule has 2 aromatic rings. The number of carboxylic acid groups (broad SMARTS) is 1. The molecule has 0 unspecified atom stereocenters. The van der Waals surface area contributed by atoms with Crippen molar-refractivity contribution in [3.63, 3.8) is 0 Å². The maximum atomic E-state index is 10.8. The maximum Gasteiger partial charge on any atom is 0.303 e. The Bertz CT molecular complexity index is 762. The van der Waals surface area contributed by atoms with Crippen LogP contribution in [-0.2, 0) is 11.2 Å². The molecule has 0 aromatic heterocycles. The largest absolute Gasteiger partial charge is 0.493 e. The third-order valence-electron chi connectivity index (χ3n) is 3.65. The highest BCUT2D eigenvalue weighted by Gasteiger charge is 2.14. The fourth-order valence-electron chi connectivity index (χ4n) is 2.45. The number of carbonyl (C=O) groups is 1. The smallest absolute Gasteiger partial charge is 0.303 e. The molecule has 27 heavy (non-hydrogen) atoms. The van der Waals surface area contributed by atoms with Crippen LogP contribution < -0.4 is 18.9 Å². The van der Waals surface area contributed by atoms with E-state index >= 15 is 0 Å². The van der Waals surface area contributed by atoms with Crippen molar-refractivity contribution in [3.8, 4) is 23.0 Å². The van der Waals surface area contributed by atoms with E-state index in [1.54, 1.807) is 19.2 Å². The van der Waals surface area contributed by atoms with Crippen LogP contribution in [0, 0.1) is 0 Å². The Hall–Kier alpha value is -2.60. The third-order valence-corrected chi connectivity index (χ3v) is 3.93. The number of hydrogen-bond donors (Lipinski definition) is 1. The zero-order valence-electron chi connectivity index (χ0n) is 15.4. The van der Waals surface area contributed by atoms with E-state index in [0.717, 1.165) is 5.56 Å². The molecule has 0 heterocycles. The lowest BCUT2D eigenvalue weighted by Gasteiger charge is -2.16. The Morgan fingerprint density at radius 1 is 1.04 bits per heavy atom. The number of benzene rings is 2. The van der Waals surface area contributed by atoms with Gasteiger partial charge in [-0.25, -0.2) is 0 Å². The molecular weight excluding hydrogens is 372 g/mol. The molecule has 1 N–H and O–H groups in total. The van der Waals surface area contributed by atoms with Gasteiger partial charge < -0.3 is 24.1 Å². The summed E-state index contributed by atoms with van der Waals surface area (Å²) >= 11 is 6.32. The van der Waals surface area contributed by atoms with E-state index in [0.29, 0.717) is 47.7 Å². The molecular formula is C20H23ClO6. The van der Waals surface area contributed by atoms with Gasteiger partial charge in [0.25, 0.3) is 0 Å². The Balaban J connectivity index is 2.00. The standard InChI is InChI=1S/C20H23ClO6/c1-3-25-18-13-14(8-9-19(22)23)12-15(21)20(18)27-11-10-26-17-7-5-4-6-16(17)24-2/h4-7,12-13H,3,8-11H2,1-2H3,(H,22,23). The molecule has 7 heteroatoms. The summed E-state index contributed by atoms with van der Waals surface area (Å²) in [4.78, 5) is 10.8. The zero-order valence-corrected chi connectivity index (χ0v) is 16.1. The number of rotatable bonds is 11. The van der Waals surface area contributed by atoms with Crippen molar-refractivity contribution in [3.05, 3.63) is 47.0 Å². The van der Waals surface area contributed by atoms with E-state index < -0.39 is 5.97 Å². The molecule has 0 aliphatic rings. The molecule has 6 nitrogen and oxygen atoms in total. The number of ether oxygens (including phenoxy) is 4. The lowest BCUT2D eigenvalue weighted by atomic mass is 10.1. The Morgan fingerprint density at radius 2 is 1.74 bits per heavy atom. The minimum absolute atomic E-state index is 0.0227. The monoisotopic (exact) mass is 394 g/mol. The zero-order chi connectivity index (χ0) is 19.6. The van der Waals surface area contributed by atoms with Gasteiger partial charge in [0, 0.05) is 6.42 Å². The highest BCUT2D eigenvalue weighted by Crippen LogP contribution is 2.37. The van der Waals surface area contributed by atoms with Gasteiger partial charge in [0.1, 0.15) is 13.2 Å². The minimum atomic E-state index is -0.863. The molecule has 2 aromatic carbocycles.